The lowest BCUT2D eigenvalue weighted by atomic mass is 9.96. The number of anilines is 1. The van der Waals surface area contributed by atoms with E-state index < -0.39 is 5.91 Å². The van der Waals surface area contributed by atoms with Crippen molar-refractivity contribution in [2.75, 3.05) is 31.1 Å². The van der Waals surface area contributed by atoms with Crippen LogP contribution in [0.4, 0.5) is 10.5 Å². The first-order valence-electron chi connectivity index (χ1n) is 9.63. The van der Waals surface area contributed by atoms with E-state index in [0.29, 0.717) is 42.3 Å². The first-order chi connectivity index (χ1) is 13.2. The molecule has 158 valence electrons. The number of nitrogens with one attached hydrogen (secondary N) is 1. The summed E-state index contributed by atoms with van der Waals surface area (Å²) in [6, 6.07) is 5.50. The number of amides is 2. The lowest BCUT2D eigenvalue weighted by molar-refractivity contribution is -0.251. The molecule has 0 unspecified atom stereocenters. The number of hydrogen-bond donors (Lipinski definition) is 4. The summed E-state index contributed by atoms with van der Waals surface area (Å²) in [5, 5.41) is 22.8. The topological polar surface area (TPSA) is 102 Å². The largest absolute Gasteiger partial charge is 0.368 e. The van der Waals surface area contributed by atoms with E-state index in [1.807, 2.05) is 12.1 Å². The van der Waals surface area contributed by atoms with Gasteiger partial charge >= 0.3 is 6.03 Å². The van der Waals surface area contributed by atoms with E-state index in [0.717, 1.165) is 18.5 Å². The van der Waals surface area contributed by atoms with Crippen LogP contribution in [0.1, 0.15) is 39.0 Å². The number of rotatable bonds is 3. The average molecular weight is 433 g/mol. The van der Waals surface area contributed by atoms with Gasteiger partial charge in [0.15, 0.2) is 0 Å². The van der Waals surface area contributed by atoms with E-state index in [9.17, 15) is 15.0 Å². The van der Waals surface area contributed by atoms with Gasteiger partial charge in [0, 0.05) is 39.1 Å². The Kier molecular flexibility index (Phi) is 8.64. The molecule has 9 heteroatoms. The third kappa shape index (κ3) is 6.97. The van der Waals surface area contributed by atoms with Gasteiger partial charge in [-0.05, 0) is 25.0 Å². The fraction of sp³-hybridized carbons (Fsp3) is 0.632. The first kappa shape index (κ1) is 23.0. The third-order valence-corrected chi connectivity index (χ3v) is 5.91. The van der Waals surface area contributed by atoms with Gasteiger partial charge < -0.3 is 26.2 Å². The van der Waals surface area contributed by atoms with Crippen molar-refractivity contribution >= 4 is 34.9 Å². The van der Waals surface area contributed by atoms with Crippen LogP contribution in [-0.2, 0) is 0 Å². The Hall–Kier alpha value is -1.25. The molecule has 0 atom stereocenters. The molecule has 1 aliphatic carbocycles. The molecule has 1 aliphatic heterocycles. The highest BCUT2D eigenvalue weighted by atomic mass is 35.5. The van der Waals surface area contributed by atoms with Crippen LogP contribution in [0.2, 0.25) is 10.0 Å². The SMILES string of the molecule is CC(O)(O)N1CCN(c2cccc(Cl)c2Cl)CC1.NC(=O)NC1CCCCC1. The summed E-state index contributed by atoms with van der Waals surface area (Å²) in [6.45, 7) is 3.85. The van der Waals surface area contributed by atoms with Crippen molar-refractivity contribution in [1.29, 1.82) is 0 Å². The van der Waals surface area contributed by atoms with Gasteiger partial charge in [0.1, 0.15) is 0 Å². The van der Waals surface area contributed by atoms with Gasteiger partial charge in [0.05, 0.1) is 15.7 Å². The number of carbonyl (C=O) groups is 1. The van der Waals surface area contributed by atoms with Crippen molar-refractivity contribution in [1.82, 2.24) is 10.2 Å². The maximum Gasteiger partial charge on any atom is 0.312 e. The number of nitrogens with zero attached hydrogens (tertiary/aromatic N) is 2. The van der Waals surface area contributed by atoms with Gasteiger partial charge in [-0.1, -0.05) is 48.5 Å². The van der Waals surface area contributed by atoms with Crippen LogP contribution >= 0.6 is 23.2 Å². The molecule has 1 aromatic carbocycles. The minimum Gasteiger partial charge on any atom is -0.368 e. The maximum atomic E-state index is 10.4. The van der Waals surface area contributed by atoms with E-state index in [2.05, 4.69) is 10.2 Å². The van der Waals surface area contributed by atoms with Gasteiger partial charge in [-0.15, -0.1) is 0 Å². The van der Waals surface area contributed by atoms with E-state index >= 15 is 0 Å². The molecule has 3 rings (SSSR count). The highest BCUT2D eigenvalue weighted by Gasteiger charge is 2.30. The second-order valence-electron chi connectivity index (χ2n) is 7.36. The number of carbonyl (C=O) groups excluding carboxylic acids is 1. The van der Waals surface area contributed by atoms with Crippen molar-refractivity contribution in [3.05, 3.63) is 28.2 Å². The molecule has 7 nitrogen and oxygen atoms in total. The normalized spacial score (nSPS) is 19.0. The Balaban J connectivity index is 0.000000237. The highest BCUT2D eigenvalue weighted by Crippen LogP contribution is 2.33. The number of benzene rings is 1. The molecule has 5 N–H and O–H groups in total. The third-order valence-electron chi connectivity index (χ3n) is 5.10. The molecule has 28 heavy (non-hydrogen) atoms. The van der Waals surface area contributed by atoms with Crippen LogP contribution < -0.4 is 16.0 Å². The Morgan fingerprint density at radius 1 is 1.14 bits per heavy atom. The van der Waals surface area contributed by atoms with Crippen LogP contribution in [0, 0.1) is 0 Å². The van der Waals surface area contributed by atoms with Gasteiger partial charge in [-0.2, -0.15) is 0 Å². The van der Waals surface area contributed by atoms with E-state index in [-0.39, 0.29) is 6.03 Å². The number of nitrogens with two attached hydrogens (primary N) is 1. The van der Waals surface area contributed by atoms with Gasteiger partial charge in [-0.3, -0.25) is 0 Å². The Bertz CT molecular complexity index is 641. The summed E-state index contributed by atoms with van der Waals surface area (Å²) in [6.07, 6.45) is 5.96. The number of hydrogen-bond acceptors (Lipinski definition) is 5. The second kappa shape index (κ2) is 10.5. The van der Waals surface area contributed by atoms with Gasteiger partial charge in [0.25, 0.3) is 0 Å². The smallest absolute Gasteiger partial charge is 0.312 e. The number of piperazine rings is 1. The zero-order valence-electron chi connectivity index (χ0n) is 16.2. The van der Waals surface area contributed by atoms with Gasteiger partial charge in [0.2, 0.25) is 5.91 Å². The molecule has 1 aromatic rings. The molecule has 0 radical (unpaired) electrons. The zero-order valence-corrected chi connectivity index (χ0v) is 17.7. The molecule has 2 amide bonds. The Morgan fingerprint density at radius 2 is 1.75 bits per heavy atom. The number of halogens is 2. The summed E-state index contributed by atoms with van der Waals surface area (Å²) in [5.74, 6) is -1.76. The fourth-order valence-electron chi connectivity index (χ4n) is 3.56. The quantitative estimate of drug-likeness (QED) is 0.549. The predicted octanol–water partition coefficient (Wildman–Crippen LogP) is 2.76. The molecule has 2 aliphatic rings. The average Bonchev–Trinajstić information content (AvgIpc) is 2.64. The molecule has 1 saturated carbocycles. The summed E-state index contributed by atoms with van der Waals surface area (Å²) in [7, 11) is 0. The van der Waals surface area contributed by atoms with Crippen molar-refractivity contribution in [3.63, 3.8) is 0 Å². The van der Waals surface area contributed by atoms with Crippen LogP contribution in [-0.4, -0.2) is 59.3 Å². The van der Waals surface area contributed by atoms with Gasteiger partial charge in [-0.25, -0.2) is 9.69 Å². The van der Waals surface area contributed by atoms with Crippen molar-refractivity contribution in [3.8, 4) is 0 Å². The number of urea groups is 1. The molecule has 1 saturated heterocycles. The lowest BCUT2D eigenvalue weighted by Gasteiger charge is -2.40. The Morgan fingerprint density at radius 3 is 2.29 bits per heavy atom. The summed E-state index contributed by atoms with van der Waals surface area (Å²) in [4.78, 5) is 14.1. The number of primary amides is 1. The highest BCUT2D eigenvalue weighted by molar-refractivity contribution is 6.43. The minimum atomic E-state index is -1.76. The predicted molar refractivity (Wildman–Crippen MR) is 113 cm³/mol. The van der Waals surface area contributed by atoms with Crippen LogP contribution in [0.5, 0.6) is 0 Å². The molecule has 0 aromatic heterocycles. The maximum absolute atomic E-state index is 10.4. The van der Waals surface area contributed by atoms with Crippen molar-refractivity contribution in [2.24, 2.45) is 5.73 Å². The van der Waals surface area contributed by atoms with E-state index in [1.54, 1.807) is 11.0 Å². The second-order valence-corrected chi connectivity index (χ2v) is 8.15. The van der Waals surface area contributed by atoms with E-state index in [1.165, 1.54) is 26.2 Å². The fourth-order valence-corrected chi connectivity index (χ4v) is 3.97. The molecule has 1 heterocycles. The van der Waals surface area contributed by atoms with Crippen molar-refractivity contribution in [2.45, 2.75) is 51.0 Å². The summed E-state index contributed by atoms with van der Waals surface area (Å²) >= 11 is 12.2. The molecule has 0 bridgehead atoms. The first-order valence-corrected chi connectivity index (χ1v) is 10.4. The van der Waals surface area contributed by atoms with Crippen LogP contribution in [0.15, 0.2) is 18.2 Å². The summed E-state index contributed by atoms with van der Waals surface area (Å²) < 4.78 is 0. The lowest BCUT2D eigenvalue weighted by Crippen LogP contribution is -2.56. The number of aliphatic hydroxyl groups is 2. The standard InChI is InChI=1S/C12H16Cl2N2O2.C7H14N2O/c1-12(17,18)16-7-5-15(6-8-16)10-4-2-3-9(13)11(10)14;8-7(10)9-6-4-2-1-3-5-6/h2-4,17-18H,5-8H2,1H3;6H,1-5H2,(H3,8,9,10). The van der Waals surface area contributed by atoms with E-state index in [4.69, 9.17) is 28.9 Å². The van der Waals surface area contributed by atoms with Crippen molar-refractivity contribution < 1.29 is 15.0 Å². The molecular formula is C19H30Cl2N4O3. The molecule has 0 spiro atoms. The monoisotopic (exact) mass is 432 g/mol. The summed E-state index contributed by atoms with van der Waals surface area (Å²) in [5.41, 5.74) is 5.86. The minimum absolute atomic E-state index is 0.353. The molecule has 2 fully saturated rings. The molecular weight excluding hydrogens is 403 g/mol. The van der Waals surface area contributed by atoms with Crippen LogP contribution in [0.25, 0.3) is 0 Å². The van der Waals surface area contributed by atoms with Crippen LogP contribution in [0.3, 0.4) is 0 Å². The zero-order chi connectivity index (χ0) is 20.7. The Labute approximate surface area is 176 Å².